The highest BCUT2D eigenvalue weighted by Gasteiger charge is 2.18. The molecule has 0 aliphatic heterocycles. The summed E-state index contributed by atoms with van der Waals surface area (Å²) in [5.74, 6) is -2.28. The lowest BCUT2D eigenvalue weighted by Crippen LogP contribution is -2.14. The molecule has 0 aliphatic rings. The Morgan fingerprint density at radius 1 is 1.22 bits per heavy atom. The normalized spacial score (nSPS) is 10.4. The van der Waals surface area contributed by atoms with Crippen LogP contribution in [0.25, 0.3) is 10.8 Å². The molecule has 18 heavy (non-hydrogen) atoms. The van der Waals surface area contributed by atoms with Crippen LogP contribution in [0, 0.1) is 0 Å². The number of aromatic carboxylic acids is 1. The zero-order valence-corrected chi connectivity index (χ0v) is 9.38. The Labute approximate surface area is 102 Å². The van der Waals surface area contributed by atoms with Gasteiger partial charge >= 0.3 is 5.97 Å². The first-order valence-electron chi connectivity index (χ1n) is 5.26. The van der Waals surface area contributed by atoms with Gasteiger partial charge in [-0.25, -0.2) is 4.79 Å². The molecule has 2 rings (SSSR count). The quantitative estimate of drug-likeness (QED) is 0.757. The predicted octanol–water partition coefficient (Wildman–Crippen LogP) is 1.27. The van der Waals surface area contributed by atoms with E-state index in [4.69, 9.17) is 10.8 Å². The highest BCUT2D eigenvalue weighted by Crippen LogP contribution is 2.31. The molecule has 5 heteroatoms. The number of hydrogen-bond acceptors (Lipinski definition) is 3. The highest BCUT2D eigenvalue weighted by atomic mass is 16.4. The molecule has 0 spiro atoms. The number of fused-ring (bicyclic) bond motifs is 1. The number of primary amides is 1. The Morgan fingerprint density at radius 3 is 2.50 bits per heavy atom. The second kappa shape index (κ2) is 4.37. The standard InChI is InChI=1S/C13H11NO4/c14-11(15)6-9-8-4-2-1-3-7(8)5-10(12(9)16)13(17)18/h1-5,16H,6H2,(H2,14,15)(H,17,18). The van der Waals surface area contributed by atoms with Gasteiger partial charge in [0.1, 0.15) is 11.3 Å². The van der Waals surface area contributed by atoms with Crippen LogP contribution in [0.5, 0.6) is 5.75 Å². The van der Waals surface area contributed by atoms with E-state index < -0.39 is 17.6 Å². The average molecular weight is 245 g/mol. The van der Waals surface area contributed by atoms with Crippen LogP contribution in [0.4, 0.5) is 0 Å². The minimum atomic E-state index is -1.25. The van der Waals surface area contributed by atoms with Gasteiger partial charge in [0.05, 0.1) is 6.42 Å². The molecule has 4 N–H and O–H groups in total. The van der Waals surface area contributed by atoms with Crippen molar-refractivity contribution in [2.45, 2.75) is 6.42 Å². The van der Waals surface area contributed by atoms with Crippen molar-refractivity contribution in [2.75, 3.05) is 0 Å². The SMILES string of the molecule is NC(=O)Cc1c(O)c(C(=O)O)cc2ccccc12. The first-order chi connectivity index (χ1) is 8.50. The molecule has 2 aromatic rings. The fraction of sp³-hybridized carbons (Fsp3) is 0.0769. The summed E-state index contributed by atoms with van der Waals surface area (Å²) in [7, 11) is 0. The molecule has 2 aromatic carbocycles. The van der Waals surface area contributed by atoms with Gasteiger partial charge in [-0.05, 0) is 16.8 Å². The van der Waals surface area contributed by atoms with Crippen molar-refractivity contribution in [3.63, 3.8) is 0 Å². The number of hydrogen-bond donors (Lipinski definition) is 3. The summed E-state index contributed by atoms with van der Waals surface area (Å²) < 4.78 is 0. The number of carboxylic acid groups (broad SMARTS) is 1. The van der Waals surface area contributed by atoms with Crippen LogP contribution in [0.1, 0.15) is 15.9 Å². The zero-order valence-electron chi connectivity index (χ0n) is 9.38. The number of amides is 1. The van der Waals surface area contributed by atoms with E-state index in [0.29, 0.717) is 10.8 Å². The minimum absolute atomic E-state index is 0.201. The van der Waals surface area contributed by atoms with Crippen LogP contribution < -0.4 is 5.73 Å². The molecular formula is C13H11NO4. The van der Waals surface area contributed by atoms with Crippen molar-refractivity contribution < 1.29 is 19.8 Å². The topological polar surface area (TPSA) is 101 Å². The van der Waals surface area contributed by atoms with Gasteiger partial charge in [-0.3, -0.25) is 4.79 Å². The molecule has 0 saturated carbocycles. The fourth-order valence-electron chi connectivity index (χ4n) is 1.93. The molecule has 0 bridgehead atoms. The maximum atomic E-state index is 11.0. The van der Waals surface area contributed by atoms with E-state index in [9.17, 15) is 14.7 Å². The van der Waals surface area contributed by atoms with Gasteiger partial charge < -0.3 is 15.9 Å². The number of benzene rings is 2. The maximum Gasteiger partial charge on any atom is 0.339 e. The van der Waals surface area contributed by atoms with Crippen molar-refractivity contribution >= 4 is 22.6 Å². The molecule has 0 saturated heterocycles. The number of phenols is 1. The van der Waals surface area contributed by atoms with Crippen molar-refractivity contribution in [2.24, 2.45) is 5.73 Å². The van der Waals surface area contributed by atoms with E-state index in [2.05, 4.69) is 0 Å². The summed E-state index contributed by atoms with van der Waals surface area (Å²) in [6.45, 7) is 0. The molecule has 1 amide bonds. The summed E-state index contributed by atoms with van der Waals surface area (Å²) >= 11 is 0. The summed E-state index contributed by atoms with van der Waals surface area (Å²) in [4.78, 5) is 22.0. The van der Waals surface area contributed by atoms with Crippen molar-refractivity contribution in [3.8, 4) is 5.75 Å². The molecule has 0 radical (unpaired) electrons. The number of carbonyl (C=O) groups excluding carboxylic acids is 1. The van der Waals surface area contributed by atoms with Gasteiger partial charge in [-0.1, -0.05) is 24.3 Å². The monoisotopic (exact) mass is 245 g/mol. The molecule has 0 unspecified atom stereocenters. The van der Waals surface area contributed by atoms with Crippen molar-refractivity contribution in [1.82, 2.24) is 0 Å². The largest absolute Gasteiger partial charge is 0.507 e. The molecule has 0 aromatic heterocycles. The smallest absolute Gasteiger partial charge is 0.339 e. The van der Waals surface area contributed by atoms with Crippen molar-refractivity contribution in [3.05, 3.63) is 41.5 Å². The Bertz CT molecular complexity index is 649. The lowest BCUT2D eigenvalue weighted by Gasteiger charge is -2.10. The molecule has 0 fully saturated rings. The first-order valence-corrected chi connectivity index (χ1v) is 5.26. The summed E-state index contributed by atoms with van der Waals surface area (Å²) in [5.41, 5.74) is 5.13. The second-order valence-corrected chi connectivity index (χ2v) is 3.92. The van der Waals surface area contributed by atoms with Crippen LogP contribution in [-0.4, -0.2) is 22.1 Å². The first kappa shape index (κ1) is 11.9. The van der Waals surface area contributed by atoms with E-state index in [-0.39, 0.29) is 17.5 Å². The Hall–Kier alpha value is -2.56. The second-order valence-electron chi connectivity index (χ2n) is 3.92. The molecule has 5 nitrogen and oxygen atoms in total. The summed E-state index contributed by atoms with van der Waals surface area (Å²) in [6, 6.07) is 8.29. The average Bonchev–Trinajstić information content (AvgIpc) is 2.31. The summed E-state index contributed by atoms with van der Waals surface area (Å²) in [5, 5.41) is 20.2. The van der Waals surface area contributed by atoms with E-state index in [1.165, 1.54) is 6.07 Å². The van der Waals surface area contributed by atoms with Crippen LogP contribution in [0.15, 0.2) is 30.3 Å². The van der Waals surface area contributed by atoms with Gasteiger partial charge in [-0.2, -0.15) is 0 Å². The number of carboxylic acids is 1. The molecule has 0 atom stereocenters. The molecule has 0 aliphatic carbocycles. The number of carbonyl (C=O) groups is 2. The van der Waals surface area contributed by atoms with E-state index in [1.54, 1.807) is 24.3 Å². The van der Waals surface area contributed by atoms with Crippen LogP contribution in [0.3, 0.4) is 0 Å². The Morgan fingerprint density at radius 2 is 1.89 bits per heavy atom. The van der Waals surface area contributed by atoms with E-state index in [0.717, 1.165) is 0 Å². The van der Waals surface area contributed by atoms with Gasteiger partial charge in [0.2, 0.25) is 5.91 Å². The van der Waals surface area contributed by atoms with Gasteiger partial charge in [0.25, 0.3) is 0 Å². The van der Waals surface area contributed by atoms with Gasteiger partial charge in [0.15, 0.2) is 0 Å². The third-order valence-corrected chi connectivity index (χ3v) is 2.71. The summed E-state index contributed by atoms with van der Waals surface area (Å²) in [6.07, 6.45) is -0.201. The molecular weight excluding hydrogens is 234 g/mol. The minimum Gasteiger partial charge on any atom is -0.507 e. The highest BCUT2D eigenvalue weighted by molar-refractivity contribution is 6.01. The van der Waals surface area contributed by atoms with E-state index >= 15 is 0 Å². The van der Waals surface area contributed by atoms with Crippen LogP contribution in [-0.2, 0) is 11.2 Å². The Kier molecular flexibility index (Phi) is 2.89. The maximum absolute atomic E-state index is 11.0. The molecule has 0 heterocycles. The van der Waals surface area contributed by atoms with Gasteiger partial charge in [-0.15, -0.1) is 0 Å². The predicted molar refractivity (Wildman–Crippen MR) is 65.5 cm³/mol. The lowest BCUT2D eigenvalue weighted by molar-refractivity contribution is -0.117. The van der Waals surface area contributed by atoms with Gasteiger partial charge in [0, 0.05) is 5.56 Å². The van der Waals surface area contributed by atoms with E-state index in [1.807, 2.05) is 0 Å². The molecule has 92 valence electrons. The number of aromatic hydroxyl groups is 1. The van der Waals surface area contributed by atoms with Crippen LogP contribution >= 0.6 is 0 Å². The third kappa shape index (κ3) is 1.98. The Balaban J connectivity index is 2.81. The number of nitrogens with two attached hydrogens (primary N) is 1. The number of rotatable bonds is 3. The lowest BCUT2D eigenvalue weighted by atomic mass is 9.97. The third-order valence-electron chi connectivity index (χ3n) is 2.71. The fourth-order valence-corrected chi connectivity index (χ4v) is 1.93. The van der Waals surface area contributed by atoms with Crippen LogP contribution in [0.2, 0.25) is 0 Å². The zero-order chi connectivity index (χ0) is 13.3. The van der Waals surface area contributed by atoms with Crippen molar-refractivity contribution in [1.29, 1.82) is 0 Å².